The van der Waals surface area contributed by atoms with Crippen LogP contribution in [0.3, 0.4) is 0 Å². The van der Waals surface area contributed by atoms with Crippen LogP contribution in [0, 0.1) is 0 Å². The fraction of sp³-hybridized carbons (Fsp3) is 0.200. The maximum absolute atomic E-state index is 10.3. The van der Waals surface area contributed by atoms with E-state index >= 15 is 0 Å². The van der Waals surface area contributed by atoms with Crippen LogP contribution in [0.4, 0.5) is 0 Å². The molecule has 2 aromatic carbocycles. The number of rotatable bonds is 4. The number of fused-ring (bicyclic) bond motifs is 1. The number of furan rings is 1. The lowest BCUT2D eigenvalue weighted by molar-refractivity contribution is 0.139. The highest BCUT2D eigenvalue weighted by Crippen LogP contribution is 2.31. The molecule has 0 fully saturated rings. The molecule has 1 aromatic heterocycles. The van der Waals surface area contributed by atoms with Gasteiger partial charge >= 0.3 is 0 Å². The zero-order valence-electron chi connectivity index (χ0n) is 12.8. The van der Waals surface area contributed by atoms with E-state index in [1.54, 1.807) is 0 Å². The van der Waals surface area contributed by atoms with Crippen molar-refractivity contribution in [2.45, 2.75) is 25.1 Å². The van der Waals surface area contributed by atoms with Gasteiger partial charge in [-0.15, -0.1) is 0 Å². The molecule has 3 nitrogen and oxygen atoms in total. The standard InChI is InChI=1S/C20H19NO2/c22-18-12-15-8-4-5-9-17(15)20(18)21-13-16-10-11-19(23-16)14-6-2-1-3-7-14/h1-11,18,20-22H,12-13H2/t18-,20+/m1/s1. The molecule has 1 aliphatic carbocycles. The molecule has 1 heterocycles. The van der Waals surface area contributed by atoms with Gasteiger partial charge in [0.25, 0.3) is 0 Å². The predicted octanol–water partition coefficient (Wildman–Crippen LogP) is 3.69. The Bertz CT molecular complexity index is 794. The minimum absolute atomic E-state index is 0.0310. The summed E-state index contributed by atoms with van der Waals surface area (Å²) in [4.78, 5) is 0. The van der Waals surface area contributed by atoms with E-state index in [0.717, 1.165) is 17.1 Å². The number of hydrogen-bond donors (Lipinski definition) is 2. The highest BCUT2D eigenvalue weighted by Gasteiger charge is 2.30. The third-order valence-corrected chi connectivity index (χ3v) is 4.42. The molecule has 1 aliphatic rings. The first-order valence-corrected chi connectivity index (χ1v) is 7.94. The molecule has 2 atom stereocenters. The fourth-order valence-corrected chi connectivity index (χ4v) is 3.26. The maximum Gasteiger partial charge on any atom is 0.134 e. The quantitative estimate of drug-likeness (QED) is 0.772. The minimum atomic E-state index is -0.379. The Kier molecular flexibility index (Phi) is 3.74. The van der Waals surface area contributed by atoms with Crippen LogP contribution < -0.4 is 5.32 Å². The van der Waals surface area contributed by atoms with Gasteiger partial charge in [0.15, 0.2) is 0 Å². The average Bonchev–Trinajstić information content (AvgIpc) is 3.18. The summed E-state index contributed by atoms with van der Waals surface area (Å²) in [6.07, 6.45) is 0.331. The molecule has 0 radical (unpaired) electrons. The molecule has 23 heavy (non-hydrogen) atoms. The molecule has 4 rings (SSSR count). The molecular formula is C20H19NO2. The SMILES string of the molecule is O[C@@H]1Cc2ccccc2[C@@H]1NCc1ccc(-c2ccccc2)o1. The van der Waals surface area contributed by atoms with Crippen LogP contribution in [-0.4, -0.2) is 11.2 Å². The molecule has 0 unspecified atom stereocenters. The Hall–Kier alpha value is -2.36. The second kappa shape index (κ2) is 6.03. The van der Waals surface area contributed by atoms with Crippen LogP contribution in [0.25, 0.3) is 11.3 Å². The number of hydrogen-bond acceptors (Lipinski definition) is 3. The summed E-state index contributed by atoms with van der Waals surface area (Å²) < 4.78 is 5.91. The van der Waals surface area contributed by atoms with E-state index in [1.807, 2.05) is 54.6 Å². The number of aliphatic hydroxyl groups is 1. The van der Waals surface area contributed by atoms with Gasteiger partial charge in [-0.1, -0.05) is 54.6 Å². The zero-order chi connectivity index (χ0) is 15.6. The number of benzene rings is 2. The summed E-state index contributed by atoms with van der Waals surface area (Å²) in [6, 6.07) is 22.2. The van der Waals surface area contributed by atoms with Crippen molar-refractivity contribution in [3.05, 3.63) is 83.6 Å². The molecule has 0 amide bonds. The maximum atomic E-state index is 10.3. The Labute approximate surface area is 135 Å². The van der Waals surface area contributed by atoms with Crippen LogP contribution in [0.2, 0.25) is 0 Å². The normalized spacial score (nSPS) is 19.7. The minimum Gasteiger partial charge on any atom is -0.460 e. The van der Waals surface area contributed by atoms with Gasteiger partial charge in [0.2, 0.25) is 0 Å². The highest BCUT2D eigenvalue weighted by molar-refractivity contribution is 5.57. The Morgan fingerprint density at radius 3 is 2.61 bits per heavy atom. The summed E-state index contributed by atoms with van der Waals surface area (Å²) in [6.45, 7) is 0.600. The summed E-state index contributed by atoms with van der Waals surface area (Å²) in [5.74, 6) is 1.75. The monoisotopic (exact) mass is 305 g/mol. The van der Waals surface area contributed by atoms with Crippen LogP contribution in [0.1, 0.15) is 22.9 Å². The lowest BCUT2D eigenvalue weighted by Crippen LogP contribution is -2.28. The molecule has 116 valence electrons. The average molecular weight is 305 g/mol. The van der Waals surface area contributed by atoms with Gasteiger partial charge in [-0.05, 0) is 23.3 Å². The van der Waals surface area contributed by atoms with Crippen molar-refractivity contribution < 1.29 is 9.52 Å². The first-order valence-electron chi connectivity index (χ1n) is 7.94. The molecule has 0 saturated heterocycles. The van der Waals surface area contributed by atoms with E-state index in [1.165, 1.54) is 11.1 Å². The molecule has 0 aliphatic heterocycles. The summed E-state index contributed by atoms with van der Waals surface area (Å²) >= 11 is 0. The second-order valence-electron chi connectivity index (χ2n) is 5.96. The largest absolute Gasteiger partial charge is 0.460 e. The van der Waals surface area contributed by atoms with E-state index in [2.05, 4.69) is 17.4 Å². The van der Waals surface area contributed by atoms with Crippen LogP contribution >= 0.6 is 0 Å². The van der Waals surface area contributed by atoms with Gasteiger partial charge < -0.3 is 14.8 Å². The highest BCUT2D eigenvalue weighted by atomic mass is 16.3. The lowest BCUT2D eigenvalue weighted by atomic mass is 10.1. The van der Waals surface area contributed by atoms with Crippen LogP contribution in [-0.2, 0) is 13.0 Å². The van der Waals surface area contributed by atoms with Crippen molar-refractivity contribution in [1.29, 1.82) is 0 Å². The Morgan fingerprint density at radius 1 is 0.957 bits per heavy atom. The van der Waals surface area contributed by atoms with Gasteiger partial charge in [0.1, 0.15) is 11.5 Å². The second-order valence-corrected chi connectivity index (χ2v) is 5.96. The molecule has 0 spiro atoms. The Morgan fingerprint density at radius 2 is 1.74 bits per heavy atom. The van der Waals surface area contributed by atoms with E-state index in [9.17, 15) is 5.11 Å². The Balaban J connectivity index is 1.47. The lowest BCUT2D eigenvalue weighted by Gasteiger charge is -2.17. The van der Waals surface area contributed by atoms with Crippen molar-refractivity contribution in [2.75, 3.05) is 0 Å². The van der Waals surface area contributed by atoms with Crippen molar-refractivity contribution in [3.63, 3.8) is 0 Å². The van der Waals surface area contributed by atoms with Gasteiger partial charge in [-0.25, -0.2) is 0 Å². The van der Waals surface area contributed by atoms with Gasteiger partial charge in [-0.2, -0.15) is 0 Å². The zero-order valence-corrected chi connectivity index (χ0v) is 12.8. The molecule has 2 N–H and O–H groups in total. The van der Waals surface area contributed by atoms with Crippen molar-refractivity contribution >= 4 is 0 Å². The van der Waals surface area contributed by atoms with E-state index < -0.39 is 0 Å². The molecular weight excluding hydrogens is 286 g/mol. The predicted molar refractivity (Wildman–Crippen MR) is 89.9 cm³/mol. The van der Waals surface area contributed by atoms with Gasteiger partial charge in [0, 0.05) is 12.0 Å². The van der Waals surface area contributed by atoms with Crippen LogP contribution in [0.15, 0.2) is 71.1 Å². The van der Waals surface area contributed by atoms with E-state index in [-0.39, 0.29) is 12.1 Å². The first kappa shape index (κ1) is 14.2. The molecule has 0 bridgehead atoms. The van der Waals surface area contributed by atoms with E-state index in [0.29, 0.717) is 13.0 Å². The van der Waals surface area contributed by atoms with E-state index in [4.69, 9.17) is 4.42 Å². The molecule has 3 aromatic rings. The van der Waals surface area contributed by atoms with Crippen molar-refractivity contribution in [1.82, 2.24) is 5.32 Å². The summed E-state index contributed by atoms with van der Waals surface area (Å²) in [7, 11) is 0. The number of nitrogens with one attached hydrogen (secondary N) is 1. The molecule has 3 heteroatoms. The van der Waals surface area contributed by atoms with Crippen molar-refractivity contribution in [3.8, 4) is 11.3 Å². The van der Waals surface area contributed by atoms with Gasteiger partial charge in [0.05, 0.1) is 18.7 Å². The topological polar surface area (TPSA) is 45.4 Å². The summed E-state index contributed by atoms with van der Waals surface area (Å²) in [5.41, 5.74) is 3.49. The van der Waals surface area contributed by atoms with Gasteiger partial charge in [-0.3, -0.25) is 0 Å². The fourth-order valence-electron chi connectivity index (χ4n) is 3.26. The van der Waals surface area contributed by atoms with Crippen molar-refractivity contribution in [2.24, 2.45) is 0 Å². The third kappa shape index (κ3) is 2.81. The third-order valence-electron chi connectivity index (χ3n) is 4.42. The smallest absolute Gasteiger partial charge is 0.134 e. The number of aliphatic hydroxyl groups excluding tert-OH is 1. The molecule has 0 saturated carbocycles. The van der Waals surface area contributed by atoms with Crippen LogP contribution in [0.5, 0.6) is 0 Å². The summed E-state index contributed by atoms with van der Waals surface area (Å²) in [5, 5.41) is 13.7. The first-order chi connectivity index (χ1) is 11.3.